The predicted octanol–water partition coefficient (Wildman–Crippen LogP) is 1.34. The highest BCUT2D eigenvalue weighted by atomic mass is 32.1. The van der Waals surface area contributed by atoms with Gasteiger partial charge in [-0.25, -0.2) is 4.68 Å². The summed E-state index contributed by atoms with van der Waals surface area (Å²) in [7, 11) is 1.65. The lowest BCUT2D eigenvalue weighted by molar-refractivity contribution is -0.182. The Morgan fingerprint density at radius 3 is 2.88 bits per heavy atom. The van der Waals surface area contributed by atoms with E-state index in [0.717, 1.165) is 0 Å². The lowest BCUT2D eigenvalue weighted by atomic mass is 10.6. The summed E-state index contributed by atoms with van der Waals surface area (Å²) in [6.07, 6.45) is -1.41. The van der Waals surface area contributed by atoms with E-state index in [-0.39, 0.29) is 6.73 Å². The highest BCUT2D eigenvalue weighted by Gasteiger charge is 2.27. The van der Waals surface area contributed by atoms with Crippen molar-refractivity contribution in [1.82, 2.24) is 15.1 Å². The molecule has 0 radical (unpaired) electrons. The molecule has 0 unspecified atom stereocenters. The van der Waals surface area contributed by atoms with Crippen LogP contribution in [0, 0.1) is 0 Å². The minimum absolute atomic E-state index is 0.270. The Kier molecular flexibility index (Phi) is 4.70. The monoisotopic (exact) mass is 268 g/mol. The smallest absolute Gasteiger partial charge is 0.366 e. The molecule has 96 valence electrons. The summed E-state index contributed by atoms with van der Waals surface area (Å²) in [6, 6.07) is 0. The van der Waals surface area contributed by atoms with E-state index in [1.807, 2.05) is 0 Å². The van der Waals surface area contributed by atoms with Crippen molar-refractivity contribution >= 4 is 23.0 Å². The number of nitrogens with zero attached hydrogens (tertiary/aromatic N) is 2. The molecular formula is C8H11F3N4OS. The highest BCUT2D eigenvalue weighted by Crippen LogP contribution is 2.14. The van der Waals surface area contributed by atoms with Crippen molar-refractivity contribution in [2.75, 3.05) is 19.0 Å². The van der Waals surface area contributed by atoms with Gasteiger partial charge in [0.1, 0.15) is 13.3 Å². The second-order valence-corrected chi connectivity index (χ2v) is 3.47. The summed E-state index contributed by atoms with van der Waals surface area (Å²) >= 11 is 4.84. The highest BCUT2D eigenvalue weighted by molar-refractivity contribution is 7.80. The van der Waals surface area contributed by atoms with E-state index in [4.69, 9.17) is 12.2 Å². The molecule has 0 aromatic carbocycles. The summed E-state index contributed by atoms with van der Waals surface area (Å²) in [6.45, 7) is -1.57. The molecule has 1 aromatic heterocycles. The summed E-state index contributed by atoms with van der Waals surface area (Å²) in [4.78, 5) is 0. The maximum absolute atomic E-state index is 11.8. The molecule has 0 spiro atoms. The minimum atomic E-state index is -4.33. The third kappa shape index (κ3) is 5.50. The van der Waals surface area contributed by atoms with E-state index in [0.29, 0.717) is 10.8 Å². The van der Waals surface area contributed by atoms with Crippen LogP contribution in [0.15, 0.2) is 12.4 Å². The predicted molar refractivity (Wildman–Crippen MR) is 59.5 cm³/mol. The molecule has 2 N–H and O–H groups in total. The number of ether oxygens (including phenoxy) is 1. The van der Waals surface area contributed by atoms with Crippen molar-refractivity contribution < 1.29 is 17.9 Å². The maximum Gasteiger partial charge on any atom is 0.411 e. The Morgan fingerprint density at radius 1 is 1.59 bits per heavy atom. The second kappa shape index (κ2) is 5.82. The quantitative estimate of drug-likeness (QED) is 0.807. The van der Waals surface area contributed by atoms with Crippen molar-refractivity contribution in [3.8, 4) is 0 Å². The summed E-state index contributed by atoms with van der Waals surface area (Å²) in [5.74, 6) is 0. The Morgan fingerprint density at radius 2 is 2.29 bits per heavy atom. The van der Waals surface area contributed by atoms with Crippen LogP contribution in [0.2, 0.25) is 0 Å². The van der Waals surface area contributed by atoms with Gasteiger partial charge in [0.25, 0.3) is 0 Å². The zero-order chi connectivity index (χ0) is 12.9. The van der Waals surface area contributed by atoms with Crippen molar-refractivity contribution in [3.63, 3.8) is 0 Å². The fourth-order valence-corrected chi connectivity index (χ4v) is 1.07. The molecule has 0 bridgehead atoms. The largest absolute Gasteiger partial charge is 0.411 e. The van der Waals surface area contributed by atoms with Crippen LogP contribution < -0.4 is 10.6 Å². The summed E-state index contributed by atoms with van der Waals surface area (Å²) < 4.78 is 41.0. The molecule has 0 aliphatic carbocycles. The van der Waals surface area contributed by atoms with Gasteiger partial charge in [0.05, 0.1) is 18.1 Å². The van der Waals surface area contributed by atoms with Crippen LogP contribution in [0.1, 0.15) is 0 Å². The first-order valence-electron chi connectivity index (χ1n) is 4.56. The van der Waals surface area contributed by atoms with Gasteiger partial charge in [-0.3, -0.25) is 0 Å². The first-order chi connectivity index (χ1) is 7.90. The van der Waals surface area contributed by atoms with Gasteiger partial charge in [0.2, 0.25) is 0 Å². The van der Waals surface area contributed by atoms with E-state index >= 15 is 0 Å². The third-order valence-electron chi connectivity index (χ3n) is 1.61. The molecule has 1 heterocycles. The molecule has 9 heteroatoms. The van der Waals surface area contributed by atoms with Gasteiger partial charge in [-0.1, -0.05) is 0 Å². The standard InChI is InChI=1S/C8H11F3N4OS/c1-12-7(17)14-6-2-13-15(3-6)5-16-4-8(9,10)11/h2-3H,4-5H2,1H3,(H2,12,14,17). The summed E-state index contributed by atoms with van der Waals surface area (Å²) in [5, 5.41) is 9.65. The first kappa shape index (κ1) is 13.7. The van der Waals surface area contributed by atoms with Crippen LogP contribution in [0.4, 0.5) is 18.9 Å². The molecule has 0 fully saturated rings. The maximum atomic E-state index is 11.8. The number of hydrogen-bond acceptors (Lipinski definition) is 3. The topological polar surface area (TPSA) is 51.1 Å². The number of nitrogens with one attached hydrogen (secondary N) is 2. The minimum Gasteiger partial charge on any atom is -0.366 e. The molecule has 0 amide bonds. The van der Waals surface area contributed by atoms with E-state index in [1.165, 1.54) is 17.1 Å². The third-order valence-corrected chi connectivity index (χ3v) is 1.91. The normalized spacial score (nSPS) is 11.3. The van der Waals surface area contributed by atoms with Crippen LogP contribution in [0.3, 0.4) is 0 Å². The Bertz CT molecular complexity index is 379. The van der Waals surface area contributed by atoms with Crippen molar-refractivity contribution in [2.24, 2.45) is 0 Å². The van der Waals surface area contributed by atoms with Gasteiger partial charge < -0.3 is 15.4 Å². The van der Waals surface area contributed by atoms with E-state index in [1.54, 1.807) is 7.05 Å². The van der Waals surface area contributed by atoms with Crippen molar-refractivity contribution in [3.05, 3.63) is 12.4 Å². The van der Waals surface area contributed by atoms with Crippen molar-refractivity contribution in [1.29, 1.82) is 0 Å². The Labute approximate surface area is 101 Å². The molecule has 0 saturated heterocycles. The van der Waals surface area contributed by atoms with Crippen LogP contribution >= 0.6 is 12.2 Å². The molecule has 17 heavy (non-hydrogen) atoms. The summed E-state index contributed by atoms with van der Waals surface area (Å²) in [5.41, 5.74) is 0.569. The van der Waals surface area contributed by atoms with Crippen LogP contribution in [-0.2, 0) is 11.5 Å². The Balaban J connectivity index is 2.38. The molecule has 0 saturated carbocycles. The zero-order valence-electron chi connectivity index (χ0n) is 8.91. The molecule has 1 rings (SSSR count). The second-order valence-electron chi connectivity index (χ2n) is 3.07. The number of alkyl halides is 3. The lowest BCUT2D eigenvalue weighted by Gasteiger charge is -2.07. The molecule has 0 atom stereocenters. The number of anilines is 1. The van der Waals surface area contributed by atoms with Gasteiger partial charge >= 0.3 is 6.18 Å². The van der Waals surface area contributed by atoms with Gasteiger partial charge in [-0.15, -0.1) is 0 Å². The first-order valence-corrected chi connectivity index (χ1v) is 4.97. The number of hydrogen-bond donors (Lipinski definition) is 2. The van der Waals surface area contributed by atoms with E-state index < -0.39 is 12.8 Å². The SMILES string of the molecule is CNC(=S)Nc1cnn(COCC(F)(F)F)c1. The van der Waals surface area contributed by atoms with Gasteiger partial charge in [0, 0.05) is 7.05 Å². The average Bonchev–Trinajstić information content (AvgIpc) is 2.63. The van der Waals surface area contributed by atoms with Crippen LogP contribution in [0.25, 0.3) is 0 Å². The zero-order valence-corrected chi connectivity index (χ0v) is 9.73. The van der Waals surface area contributed by atoms with E-state index in [9.17, 15) is 13.2 Å². The van der Waals surface area contributed by atoms with Gasteiger partial charge in [-0.2, -0.15) is 18.3 Å². The van der Waals surface area contributed by atoms with Crippen LogP contribution in [0.5, 0.6) is 0 Å². The number of halogens is 3. The Hall–Kier alpha value is -1.35. The molecule has 1 aromatic rings. The molecule has 5 nitrogen and oxygen atoms in total. The van der Waals surface area contributed by atoms with Crippen LogP contribution in [-0.4, -0.2) is 34.7 Å². The fraction of sp³-hybridized carbons (Fsp3) is 0.500. The number of thiocarbonyl (C=S) groups is 1. The van der Waals surface area contributed by atoms with E-state index in [2.05, 4.69) is 20.5 Å². The van der Waals surface area contributed by atoms with Gasteiger partial charge in [-0.05, 0) is 12.2 Å². The average molecular weight is 268 g/mol. The molecular weight excluding hydrogens is 257 g/mol. The fourth-order valence-electron chi connectivity index (χ4n) is 0.947. The molecule has 0 aliphatic rings. The number of rotatable bonds is 4. The molecule has 0 aliphatic heterocycles. The number of aromatic nitrogens is 2. The van der Waals surface area contributed by atoms with Crippen molar-refractivity contribution in [2.45, 2.75) is 12.9 Å². The van der Waals surface area contributed by atoms with Gasteiger partial charge in [0.15, 0.2) is 5.11 Å². The lowest BCUT2D eigenvalue weighted by Crippen LogP contribution is -2.23.